The molecular weight excluding hydrogens is 312 g/mol. The van der Waals surface area contributed by atoms with E-state index in [1.165, 1.54) is 24.8 Å². The molecule has 0 amide bonds. The molecule has 4 aliphatic carbocycles. The van der Waals surface area contributed by atoms with Gasteiger partial charge in [0.2, 0.25) is 0 Å². The van der Waals surface area contributed by atoms with Crippen LogP contribution in [0.15, 0.2) is 11.6 Å². The molecule has 0 bridgehead atoms. The first-order valence-corrected chi connectivity index (χ1v) is 10.3. The highest BCUT2D eigenvalue weighted by Gasteiger charge is 2.57. The maximum absolute atomic E-state index is 12.2. The van der Waals surface area contributed by atoms with Crippen molar-refractivity contribution in [3.05, 3.63) is 11.6 Å². The van der Waals surface area contributed by atoms with Crippen LogP contribution in [0.2, 0.25) is 0 Å². The summed E-state index contributed by atoms with van der Waals surface area (Å²) in [7, 11) is 1.68. The molecule has 0 radical (unpaired) electrons. The van der Waals surface area contributed by atoms with E-state index in [9.17, 15) is 9.90 Å². The number of methoxy groups -OCH3 is 1. The Kier molecular flexibility index (Phi) is 4.39. The molecule has 0 aromatic heterocycles. The highest BCUT2D eigenvalue weighted by molar-refractivity contribution is 5.79. The standard InChI is InChI=1S/C22H34O3/c1-14(23)19-6-7-20-18-5-4-15-12-22(24,13-25-3)11-9-16(15)17(18)8-10-21(19,20)2/h4,16-20,24H,5-13H2,1-3H3/t16-,17+,18+,19+,20-,21+,22+/m0/s1. The summed E-state index contributed by atoms with van der Waals surface area (Å²) in [6.07, 6.45) is 11.2. The molecule has 3 heteroatoms. The van der Waals surface area contributed by atoms with Gasteiger partial charge in [0.15, 0.2) is 0 Å². The van der Waals surface area contributed by atoms with Gasteiger partial charge >= 0.3 is 0 Å². The van der Waals surface area contributed by atoms with E-state index >= 15 is 0 Å². The second-order valence-electron chi connectivity index (χ2n) is 9.71. The predicted octanol–water partition coefficient (Wildman–Crippen LogP) is 4.14. The summed E-state index contributed by atoms with van der Waals surface area (Å²) in [5.41, 5.74) is 1.08. The van der Waals surface area contributed by atoms with Crippen LogP contribution in [-0.4, -0.2) is 30.2 Å². The average Bonchev–Trinajstić information content (AvgIpc) is 2.91. The van der Waals surface area contributed by atoms with Gasteiger partial charge in [-0.3, -0.25) is 4.79 Å². The van der Waals surface area contributed by atoms with E-state index in [-0.39, 0.29) is 5.41 Å². The number of fused-ring (bicyclic) bond motifs is 5. The fourth-order valence-corrected chi connectivity index (χ4v) is 7.42. The molecule has 3 saturated carbocycles. The van der Waals surface area contributed by atoms with Crippen molar-refractivity contribution < 1.29 is 14.6 Å². The number of carbonyl (C=O) groups excluding carboxylic acids is 1. The molecule has 4 aliphatic rings. The first-order valence-electron chi connectivity index (χ1n) is 10.3. The van der Waals surface area contributed by atoms with Crippen LogP contribution in [0.1, 0.15) is 65.2 Å². The maximum atomic E-state index is 12.2. The molecule has 0 saturated heterocycles. The Labute approximate surface area is 152 Å². The van der Waals surface area contributed by atoms with Crippen molar-refractivity contribution in [3.63, 3.8) is 0 Å². The zero-order valence-corrected chi connectivity index (χ0v) is 16.1. The number of rotatable bonds is 3. The molecule has 0 heterocycles. The second-order valence-corrected chi connectivity index (χ2v) is 9.71. The minimum absolute atomic E-state index is 0.240. The van der Waals surface area contributed by atoms with Crippen LogP contribution in [-0.2, 0) is 9.53 Å². The number of hydrogen-bond acceptors (Lipinski definition) is 3. The molecule has 25 heavy (non-hydrogen) atoms. The third-order valence-electron chi connectivity index (χ3n) is 8.50. The summed E-state index contributed by atoms with van der Waals surface area (Å²) < 4.78 is 5.27. The van der Waals surface area contributed by atoms with E-state index in [4.69, 9.17) is 4.74 Å². The fourth-order valence-electron chi connectivity index (χ4n) is 7.42. The first kappa shape index (κ1) is 17.7. The molecule has 4 rings (SSSR count). The summed E-state index contributed by atoms with van der Waals surface area (Å²) in [6, 6.07) is 0. The van der Waals surface area contributed by atoms with Gasteiger partial charge in [-0.15, -0.1) is 0 Å². The maximum Gasteiger partial charge on any atom is 0.133 e. The van der Waals surface area contributed by atoms with Gasteiger partial charge in [0, 0.05) is 13.0 Å². The zero-order valence-electron chi connectivity index (χ0n) is 16.1. The lowest BCUT2D eigenvalue weighted by atomic mass is 9.51. The Bertz CT molecular complexity index is 582. The van der Waals surface area contributed by atoms with Crippen molar-refractivity contribution >= 4 is 5.78 Å². The van der Waals surface area contributed by atoms with Crippen LogP contribution in [0.25, 0.3) is 0 Å². The largest absolute Gasteiger partial charge is 0.387 e. The van der Waals surface area contributed by atoms with Crippen LogP contribution >= 0.6 is 0 Å². The van der Waals surface area contributed by atoms with Crippen molar-refractivity contribution in [2.24, 2.45) is 35.0 Å². The number of Topliss-reactive ketones (excluding diaryl/α,β-unsaturated/α-hetero) is 1. The molecule has 7 atom stereocenters. The average molecular weight is 347 g/mol. The highest BCUT2D eigenvalue weighted by Crippen LogP contribution is 2.63. The van der Waals surface area contributed by atoms with Crippen molar-refractivity contribution in [1.82, 2.24) is 0 Å². The van der Waals surface area contributed by atoms with Gasteiger partial charge in [0.1, 0.15) is 5.78 Å². The number of ether oxygens (including phenoxy) is 1. The lowest BCUT2D eigenvalue weighted by molar-refractivity contribution is -0.127. The molecule has 0 aliphatic heterocycles. The summed E-state index contributed by atoms with van der Waals surface area (Å²) in [4.78, 5) is 12.2. The van der Waals surface area contributed by atoms with Gasteiger partial charge in [0.05, 0.1) is 12.2 Å². The van der Waals surface area contributed by atoms with Crippen molar-refractivity contribution in [2.45, 2.75) is 70.8 Å². The third-order valence-corrected chi connectivity index (χ3v) is 8.50. The van der Waals surface area contributed by atoms with Gasteiger partial charge in [-0.25, -0.2) is 0 Å². The fraction of sp³-hybridized carbons (Fsp3) is 0.864. The van der Waals surface area contributed by atoms with E-state index in [1.54, 1.807) is 14.0 Å². The Morgan fingerprint density at radius 1 is 1.24 bits per heavy atom. The summed E-state index contributed by atoms with van der Waals surface area (Å²) in [6.45, 7) is 4.66. The van der Waals surface area contributed by atoms with E-state index < -0.39 is 5.60 Å². The predicted molar refractivity (Wildman–Crippen MR) is 98.1 cm³/mol. The molecule has 0 spiro atoms. The Morgan fingerprint density at radius 2 is 2.04 bits per heavy atom. The van der Waals surface area contributed by atoms with Crippen molar-refractivity contribution in [2.75, 3.05) is 13.7 Å². The minimum atomic E-state index is -0.653. The van der Waals surface area contributed by atoms with Crippen LogP contribution < -0.4 is 0 Å². The molecular formula is C22H34O3. The monoisotopic (exact) mass is 346 g/mol. The third kappa shape index (κ3) is 2.73. The van der Waals surface area contributed by atoms with Crippen molar-refractivity contribution in [1.29, 1.82) is 0 Å². The van der Waals surface area contributed by atoms with Gasteiger partial charge < -0.3 is 9.84 Å². The van der Waals surface area contributed by atoms with E-state index in [0.717, 1.165) is 49.9 Å². The van der Waals surface area contributed by atoms with Crippen LogP contribution in [0.3, 0.4) is 0 Å². The van der Waals surface area contributed by atoms with Gasteiger partial charge in [-0.05, 0) is 87.4 Å². The molecule has 0 aromatic rings. The summed E-state index contributed by atoms with van der Waals surface area (Å²) in [5.74, 6) is 3.62. The summed E-state index contributed by atoms with van der Waals surface area (Å²) >= 11 is 0. The second kappa shape index (κ2) is 6.20. The van der Waals surface area contributed by atoms with Crippen LogP contribution in [0.4, 0.5) is 0 Å². The number of allylic oxidation sites excluding steroid dienone is 1. The van der Waals surface area contributed by atoms with E-state index in [1.807, 2.05) is 0 Å². The Balaban J connectivity index is 1.56. The molecule has 0 unspecified atom stereocenters. The van der Waals surface area contributed by atoms with Crippen LogP contribution in [0, 0.1) is 35.0 Å². The molecule has 140 valence electrons. The highest BCUT2D eigenvalue weighted by atomic mass is 16.5. The van der Waals surface area contributed by atoms with E-state index in [0.29, 0.717) is 24.2 Å². The molecule has 0 aromatic carbocycles. The smallest absolute Gasteiger partial charge is 0.133 e. The molecule has 3 fully saturated rings. The Morgan fingerprint density at radius 3 is 2.76 bits per heavy atom. The number of aliphatic hydroxyl groups is 1. The zero-order chi connectivity index (χ0) is 17.8. The lowest BCUT2D eigenvalue weighted by Crippen LogP contribution is -2.49. The number of carbonyl (C=O) groups is 1. The van der Waals surface area contributed by atoms with Gasteiger partial charge in [-0.2, -0.15) is 0 Å². The quantitative estimate of drug-likeness (QED) is 0.781. The lowest BCUT2D eigenvalue weighted by Gasteiger charge is -2.54. The molecule has 3 nitrogen and oxygen atoms in total. The Hall–Kier alpha value is -0.670. The number of hydrogen-bond donors (Lipinski definition) is 1. The first-order chi connectivity index (χ1) is 11.9. The minimum Gasteiger partial charge on any atom is -0.387 e. The van der Waals surface area contributed by atoms with Gasteiger partial charge in [-0.1, -0.05) is 18.6 Å². The molecule has 1 N–H and O–H groups in total. The van der Waals surface area contributed by atoms with Gasteiger partial charge in [0.25, 0.3) is 0 Å². The van der Waals surface area contributed by atoms with Crippen molar-refractivity contribution in [3.8, 4) is 0 Å². The SMILES string of the molecule is COC[C@@]1(O)CC[C@H]2C(=CC[C@@H]3[C@@H]2CC[C@]2(C)[C@@H](C(C)=O)CC[C@@H]32)C1. The normalized spacial score (nSPS) is 49.0. The van der Waals surface area contributed by atoms with Crippen LogP contribution in [0.5, 0.6) is 0 Å². The van der Waals surface area contributed by atoms with E-state index in [2.05, 4.69) is 13.0 Å². The number of ketones is 1. The summed E-state index contributed by atoms with van der Waals surface area (Å²) in [5, 5.41) is 10.8. The topological polar surface area (TPSA) is 46.5 Å².